The van der Waals surface area contributed by atoms with Gasteiger partial charge in [-0.15, -0.1) is 13.2 Å². The molecule has 0 spiro atoms. The summed E-state index contributed by atoms with van der Waals surface area (Å²) in [5, 5.41) is 0.301. The van der Waals surface area contributed by atoms with E-state index in [1.807, 2.05) is 0 Å². The van der Waals surface area contributed by atoms with Gasteiger partial charge in [0.25, 0.3) is 0 Å². The van der Waals surface area contributed by atoms with Crippen LogP contribution in [0.3, 0.4) is 0 Å². The van der Waals surface area contributed by atoms with Gasteiger partial charge in [0.15, 0.2) is 5.78 Å². The van der Waals surface area contributed by atoms with Crippen LogP contribution in [0.5, 0.6) is 5.75 Å². The Morgan fingerprint density at radius 1 is 1.05 bits per heavy atom. The highest BCUT2D eigenvalue weighted by Gasteiger charge is 2.30. The quantitative estimate of drug-likeness (QED) is 0.736. The molecule has 0 aliphatic carbocycles. The molecule has 0 saturated heterocycles. The van der Waals surface area contributed by atoms with E-state index in [1.165, 1.54) is 31.2 Å². The Morgan fingerprint density at radius 3 is 2.10 bits per heavy atom. The molecule has 2 nitrogen and oxygen atoms in total. The van der Waals surface area contributed by atoms with Gasteiger partial charge in [0, 0.05) is 5.56 Å². The lowest BCUT2D eigenvalue weighted by atomic mass is 10.0. The first-order chi connectivity index (χ1) is 9.76. The number of carbonyl (C=O) groups excluding carboxylic acids is 1. The summed E-state index contributed by atoms with van der Waals surface area (Å²) in [6, 6.07) is 10.3. The van der Waals surface area contributed by atoms with Crippen molar-refractivity contribution in [2.45, 2.75) is 13.3 Å². The zero-order chi connectivity index (χ0) is 15.6. The molecule has 2 rings (SSSR count). The second-order valence-electron chi connectivity index (χ2n) is 4.32. The first-order valence-corrected chi connectivity index (χ1v) is 6.31. The summed E-state index contributed by atoms with van der Waals surface area (Å²) < 4.78 is 40.0. The summed E-state index contributed by atoms with van der Waals surface area (Å²) in [6.45, 7) is 1.41. The van der Waals surface area contributed by atoms with Crippen LogP contribution in [0, 0.1) is 0 Å². The van der Waals surface area contributed by atoms with Crippen LogP contribution in [-0.4, -0.2) is 12.1 Å². The Bertz CT molecular complexity index is 664. The fraction of sp³-hybridized carbons (Fsp3) is 0.133. The van der Waals surface area contributed by atoms with Gasteiger partial charge < -0.3 is 4.74 Å². The molecule has 0 heterocycles. The standard InChI is InChI=1S/C15H10ClF3O2/c1-9(20)13-7-4-11(8-14(13)16)10-2-5-12(6-3-10)21-15(17,18)19/h2-8H,1H3. The number of ketones is 1. The Hall–Kier alpha value is -2.01. The van der Waals surface area contributed by atoms with Gasteiger partial charge in [-0.05, 0) is 42.3 Å². The molecule has 0 bridgehead atoms. The lowest BCUT2D eigenvalue weighted by Gasteiger charge is -2.10. The van der Waals surface area contributed by atoms with Crippen LogP contribution in [0.4, 0.5) is 13.2 Å². The van der Waals surface area contributed by atoms with Crippen molar-refractivity contribution in [3.8, 4) is 16.9 Å². The van der Waals surface area contributed by atoms with Crippen molar-refractivity contribution in [2.24, 2.45) is 0 Å². The molecule has 0 radical (unpaired) electrons. The molecule has 6 heteroatoms. The number of Topliss-reactive ketones (excluding diaryl/α,β-unsaturated/α-hetero) is 1. The maximum absolute atomic E-state index is 12.1. The van der Waals surface area contributed by atoms with E-state index in [9.17, 15) is 18.0 Å². The van der Waals surface area contributed by atoms with Gasteiger partial charge in [-0.2, -0.15) is 0 Å². The van der Waals surface area contributed by atoms with Crippen LogP contribution < -0.4 is 4.74 Å². The number of rotatable bonds is 3. The topological polar surface area (TPSA) is 26.3 Å². The summed E-state index contributed by atoms with van der Waals surface area (Å²) in [7, 11) is 0. The van der Waals surface area contributed by atoms with Gasteiger partial charge >= 0.3 is 6.36 Å². The van der Waals surface area contributed by atoms with E-state index < -0.39 is 6.36 Å². The van der Waals surface area contributed by atoms with Gasteiger partial charge in [-0.25, -0.2) is 0 Å². The molecule has 0 N–H and O–H groups in total. The molecule has 0 amide bonds. The monoisotopic (exact) mass is 314 g/mol. The third-order valence-electron chi connectivity index (χ3n) is 2.77. The maximum atomic E-state index is 12.1. The number of halogens is 4. The van der Waals surface area contributed by atoms with E-state index in [4.69, 9.17) is 11.6 Å². The molecule has 0 aliphatic heterocycles. The number of carbonyl (C=O) groups is 1. The van der Waals surface area contributed by atoms with Crippen LogP contribution in [0.2, 0.25) is 5.02 Å². The van der Waals surface area contributed by atoms with E-state index in [0.29, 0.717) is 21.7 Å². The Balaban J connectivity index is 2.27. The van der Waals surface area contributed by atoms with Crippen molar-refractivity contribution in [3.05, 3.63) is 53.1 Å². The van der Waals surface area contributed by atoms with Gasteiger partial charge in [0.1, 0.15) is 5.75 Å². The summed E-state index contributed by atoms with van der Waals surface area (Å²) >= 11 is 6.00. The van der Waals surface area contributed by atoms with E-state index >= 15 is 0 Å². The predicted molar refractivity (Wildman–Crippen MR) is 73.6 cm³/mol. The van der Waals surface area contributed by atoms with Gasteiger partial charge in [-0.1, -0.05) is 29.8 Å². The minimum atomic E-state index is -4.71. The van der Waals surface area contributed by atoms with Crippen LogP contribution in [0.1, 0.15) is 17.3 Å². The zero-order valence-electron chi connectivity index (χ0n) is 10.9. The van der Waals surface area contributed by atoms with E-state index in [1.54, 1.807) is 18.2 Å². The second-order valence-corrected chi connectivity index (χ2v) is 4.73. The van der Waals surface area contributed by atoms with Gasteiger partial charge in [-0.3, -0.25) is 4.79 Å². The number of ether oxygens (including phenoxy) is 1. The fourth-order valence-electron chi connectivity index (χ4n) is 1.83. The maximum Gasteiger partial charge on any atom is 0.573 e. The van der Waals surface area contributed by atoms with E-state index in [-0.39, 0.29) is 11.5 Å². The van der Waals surface area contributed by atoms with Crippen molar-refractivity contribution >= 4 is 17.4 Å². The van der Waals surface area contributed by atoms with E-state index in [2.05, 4.69) is 4.74 Å². The molecular weight excluding hydrogens is 305 g/mol. The van der Waals surface area contributed by atoms with Gasteiger partial charge in [0.05, 0.1) is 5.02 Å². The molecule has 0 saturated carbocycles. The molecule has 0 atom stereocenters. The molecule has 0 unspecified atom stereocenters. The predicted octanol–water partition coefficient (Wildman–Crippen LogP) is 5.11. The van der Waals surface area contributed by atoms with Crippen molar-refractivity contribution in [1.82, 2.24) is 0 Å². The highest BCUT2D eigenvalue weighted by molar-refractivity contribution is 6.34. The summed E-state index contributed by atoms with van der Waals surface area (Å²) in [5.74, 6) is -0.446. The lowest BCUT2D eigenvalue weighted by Crippen LogP contribution is -2.16. The number of benzene rings is 2. The molecule has 21 heavy (non-hydrogen) atoms. The Kier molecular flexibility index (Phi) is 4.23. The van der Waals surface area contributed by atoms with Crippen molar-refractivity contribution in [2.75, 3.05) is 0 Å². The molecule has 2 aromatic carbocycles. The Morgan fingerprint density at radius 2 is 1.62 bits per heavy atom. The average Bonchev–Trinajstić information content (AvgIpc) is 2.37. The first-order valence-electron chi connectivity index (χ1n) is 5.93. The third-order valence-corrected chi connectivity index (χ3v) is 3.08. The molecule has 0 aliphatic rings. The lowest BCUT2D eigenvalue weighted by molar-refractivity contribution is -0.274. The van der Waals surface area contributed by atoms with Crippen molar-refractivity contribution < 1.29 is 22.7 Å². The zero-order valence-corrected chi connectivity index (χ0v) is 11.6. The second kappa shape index (κ2) is 5.77. The summed E-state index contributed by atoms with van der Waals surface area (Å²) in [6.07, 6.45) is -4.71. The summed E-state index contributed by atoms with van der Waals surface area (Å²) in [4.78, 5) is 11.3. The van der Waals surface area contributed by atoms with Gasteiger partial charge in [0.2, 0.25) is 0 Å². The molecule has 0 fully saturated rings. The third kappa shape index (κ3) is 3.98. The average molecular weight is 315 g/mol. The highest BCUT2D eigenvalue weighted by Crippen LogP contribution is 2.29. The molecule has 2 aromatic rings. The van der Waals surface area contributed by atoms with Crippen LogP contribution >= 0.6 is 11.6 Å². The Labute approximate surface area is 124 Å². The van der Waals surface area contributed by atoms with Crippen LogP contribution in [0.15, 0.2) is 42.5 Å². The normalized spacial score (nSPS) is 11.3. The molecular formula is C15H10ClF3O2. The van der Waals surface area contributed by atoms with Crippen LogP contribution in [0.25, 0.3) is 11.1 Å². The number of hydrogen-bond donors (Lipinski definition) is 0. The molecule has 0 aromatic heterocycles. The highest BCUT2D eigenvalue weighted by atomic mass is 35.5. The minimum absolute atomic E-state index is 0.152. The summed E-state index contributed by atoms with van der Waals surface area (Å²) in [5.41, 5.74) is 1.77. The van der Waals surface area contributed by atoms with Crippen molar-refractivity contribution in [1.29, 1.82) is 0 Å². The fourth-order valence-corrected chi connectivity index (χ4v) is 2.14. The van der Waals surface area contributed by atoms with E-state index in [0.717, 1.165) is 0 Å². The molecule has 110 valence electrons. The van der Waals surface area contributed by atoms with Crippen LogP contribution in [-0.2, 0) is 0 Å². The largest absolute Gasteiger partial charge is 0.573 e. The first kappa shape index (κ1) is 15.4. The smallest absolute Gasteiger partial charge is 0.406 e. The number of hydrogen-bond acceptors (Lipinski definition) is 2. The minimum Gasteiger partial charge on any atom is -0.406 e. The number of alkyl halides is 3. The SMILES string of the molecule is CC(=O)c1ccc(-c2ccc(OC(F)(F)F)cc2)cc1Cl. The van der Waals surface area contributed by atoms with Crippen molar-refractivity contribution in [3.63, 3.8) is 0 Å².